The lowest BCUT2D eigenvalue weighted by Crippen LogP contribution is -2.26. The van der Waals surface area contributed by atoms with E-state index in [0.29, 0.717) is 11.3 Å². The maximum absolute atomic E-state index is 13.6. The van der Waals surface area contributed by atoms with Gasteiger partial charge in [0.2, 0.25) is 0 Å². The topological polar surface area (TPSA) is 64.4 Å². The van der Waals surface area contributed by atoms with Crippen molar-refractivity contribution in [2.75, 3.05) is 7.11 Å². The summed E-state index contributed by atoms with van der Waals surface area (Å²) in [5.74, 6) is -0.119. The third-order valence-corrected chi connectivity index (χ3v) is 2.88. The number of hydrogen-bond donors (Lipinski definition) is 1. The first-order valence-electron chi connectivity index (χ1n) is 6.09. The number of aromatic nitrogens is 1. The summed E-state index contributed by atoms with van der Waals surface area (Å²) in [6.45, 7) is 3.46. The normalized spacial score (nSPS) is 12.0. The van der Waals surface area contributed by atoms with E-state index in [-0.39, 0.29) is 23.4 Å². The molecule has 1 unspecified atom stereocenters. The van der Waals surface area contributed by atoms with E-state index < -0.39 is 5.82 Å². The Morgan fingerprint density at radius 3 is 2.75 bits per heavy atom. The number of rotatable bonds is 4. The molecule has 1 heterocycles. The minimum Gasteiger partial charge on any atom is -0.494 e. The Hall–Kier alpha value is -2.37. The monoisotopic (exact) mass is 278 g/mol. The van der Waals surface area contributed by atoms with Crippen molar-refractivity contribution in [2.24, 2.45) is 0 Å². The fraction of sp³-hybridized carbons (Fsp3) is 0.286. The number of ether oxygens (including phenoxy) is 1. The highest BCUT2D eigenvalue weighted by atomic mass is 19.1. The van der Waals surface area contributed by atoms with Gasteiger partial charge in [-0.25, -0.2) is 4.39 Å². The lowest BCUT2D eigenvalue weighted by molar-refractivity contribution is 0.0930. The fourth-order valence-corrected chi connectivity index (χ4v) is 1.78. The van der Waals surface area contributed by atoms with E-state index in [9.17, 15) is 9.18 Å². The summed E-state index contributed by atoms with van der Waals surface area (Å²) in [4.78, 5) is 11.9. The smallest absolute Gasteiger partial charge is 0.273 e. The molecule has 5 nitrogen and oxygen atoms in total. The predicted molar refractivity (Wildman–Crippen MR) is 70.1 cm³/mol. The number of nitrogens with zero attached hydrogens (tertiary/aromatic N) is 1. The summed E-state index contributed by atoms with van der Waals surface area (Å²) < 4.78 is 23.3. The van der Waals surface area contributed by atoms with Crippen LogP contribution in [0.15, 0.2) is 28.8 Å². The van der Waals surface area contributed by atoms with Crippen molar-refractivity contribution in [3.63, 3.8) is 0 Å². The minimum absolute atomic E-state index is 0.166. The highest BCUT2D eigenvalue weighted by Crippen LogP contribution is 2.21. The van der Waals surface area contributed by atoms with Gasteiger partial charge in [-0.15, -0.1) is 0 Å². The molecule has 0 saturated heterocycles. The largest absolute Gasteiger partial charge is 0.494 e. The molecular formula is C14H15FN2O3. The fourth-order valence-electron chi connectivity index (χ4n) is 1.78. The molecule has 1 amide bonds. The Morgan fingerprint density at radius 2 is 2.20 bits per heavy atom. The number of methoxy groups -OCH3 is 1. The average Bonchev–Trinajstić information content (AvgIpc) is 2.85. The van der Waals surface area contributed by atoms with Gasteiger partial charge in [-0.1, -0.05) is 11.2 Å². The third-order valence-electron chi connectivity index (χ3n) is 2.88. The summed E-state index contributed by atoms with van der Waals surface area (Å²) in [6, 6.07) is 5.73. The number of aryl methyl sites for hydroxylation is 1. The zero-order valence-corrected chi connectivity index (χ0v) is 11.4. The van der Waals surface area contributed by atoms with Gasteiger partial charge >= 0.3 is 0 Å². The van der Waals surface area contributed by atoms with Crippen molar-refractivity contribution < 1.29 is 18.4 Å². The molecule has 20 heavy (non-hydrogen) atoms. The Bertz CT molecular complexity index is 625. The molecule has 0 fully saturated rings. The lowest BCUT2D eigenvalue weighted by Gasteiger charge is -2.14. The van der Waals surface area contributed by atoms with Crippen LogP contribution in [0, 0.1) is 12.7 Å². The summed E-state index contributed by atoms with van der Waals surface area (Å²) in [6.07, 6.45) is 0. The van der Waals surface area contributed by atoms with Crippen LogP contribution in [0.1, 0.15) is 34.8 Å². The van der Waals surface area contributed by atoms with E-state index in [4.69, 9.17) is 9.26 Å². The number of benzene rings is 1. The summed E-state index contributed by atoms with van der Waals surface area (Å²) in [7, 11) is 1.40. The van der Waals surface area contributed by atoms with Crippen molar-refractivity contribution >= 4 is 5.91 Å². The number of nitrogens with one attached hydrogen (secondary N) is 1. The quantitative estimate of drug-likeness (QED) is 0.933. The van der Waals surface area contributed by atoms with Gasteiger partial charge in [0.05, 0.1) is 13.2 Å². The van der Waals surface area contributed by atoms with Gasteiger partial charge < -0.3 is 14.6 Å². The van der Waals surface area contributed by atoms with Crippen LogP contribution in [0.4, 0.5) is 4.39 Å². The SMILES string of the molecule is COc1ccc(C(C)NC(=O)c2cc(C)on2)cc1F. The highest BCUT2D eigenvalue weighted by molar-refractivity contribution is 5.92. The zero-order chi connectivity index (χ0) is 14.7. The number of halogens is 1. The standard InChI is InChI=1S/C14H15FN2O3/c1-8-6-12(17-20-8)14(18)16-9(2)10-4-5-13(19-3)11(15)7-10/h4-7,9H,1-3H3,(H,16,18). The average molecular weight is 278 g/mol. The second kappa shape index (κ2) is 5.73. The van der Waals surface area contributed by atoms with E-state index >= 15 is 0 Å². The van der Waals surface area contributed by atoms with Crippen LogP contribution in [-0.2, 0) is 0 Å². The van der Waals surface area contributed by atoms with Crippen molar-refractivity contribution in [3.8, 4) is 5.75 Å². The van der Waals surface area contributed by atoms with Crippen molar-refractivity contribution in [3.05, 3.63) is 47.1 Å². The number of carbonyl (C=O) groups excluding carboxylic acids is 1. The van der Waals surface area contributed by atoms with E-state index in [0.717, 1.165) is 0 Å². The molecule has 0 aliphatic carbocycles. The molecule has 1 aromatic heterocycles. The molecular weight excluding hydrogens is 263 g/mol. The molecule has 0 radical (unpaired) electrons. The molecule has 1 aromatic carbocycles. The number of carbonyl (C=O) groups is 1. The van der Waals surface area contributed by atoms with Gasteiger partial charge in [0.1, 0.15) is 5.76 Å². The Balaban J connectivity index is 2.10. The summed E-state index contributed by atoms with van der Waals surface area (Å²) in [5, 5.41) is 6.35. The van der Waals surface area contributed by atoms with Gasteiger partial charge in [-0.2, -0.15) is 0 Å². The van der Waals surface area contributed by atoms with Gasteiger partial charge in [0.25, 0.3) is 5.91 Å². The molecule has 0 aliphatic rings. The summed E-state index contributed by atoms with van der Waals surface area (Å²) >= 11 is 0. The Morgan fingerprint density at radius 1 is 1.45 bits per heavy atom. The molecule has 2 rings (SSSR count). The first-order chi connectivity index (χ1) is 9.51. The highest BCUT2D eigenvalue weighted by Gasteiger charge is 2.16. The first-order valence-corrected chi connectivity index (χ1v) is 6.09. The maximum atomic E-state index is 13.6. The van der Waals surface area contributed by atoms with E-state index in [2.05, 4.69) is 10.5 Å². The van der Waals surface area contributed by atoms with Gasteiger partial charge in [0.15, 0.2) is 17.3 Å². The first kappa shape index (κ1) is 14.0. The number of amides is 1. The van der Waals surface area contributed by atoms with Crippen LogP contribution in [0.25, 0.3) is 0 Å². The van der Waals surface area contributed by atoms with Crippen LogP contribution in [-0.4, -0.2) is 18.2 Å². The molecule has 1 atom stereocenters. The predicted octanol–water partition coefficient (Wildman–Crippen LogP) is 2.62. The second-order valence-electron chi connectivity index (χ2n) is 4.41. The molecule has 2 aromatic rings. The van der Waals surface area contributed by atoms with Crippen molar-refractivity contribution in [2.45, 2.75) is 19.9 Å². The lowest BCUT2D eigenvalue weighted by atomic mass is 10.1. The summed E-state index contributed by atoms with van der Waals surface area (Å²) in [5.41, 5.74) is 0.834. The molecule has 1 N–H and O–H groups in total. The third kappa shape index (κ3) is 2.96. The van der Waals surface area contributed by atoms with Crippen LogP contribution in [0.5, 0.6) is 5.75 Å². The van der Waals surface area contributed by atoms with Crippen molar-refractivity contribution in [1.29, 1.82) is 0 Å². The zero-order valence-electron chi connectivity index (χ0n) is 11.4. The maximum Gasteiger partial charge on any atom is 0.273 e. The van der Waals surface area contributed by atoms with Crippen LogP contribution >= 0.6 is 0 Å². The van der Waals surface area contributed by atoms with Crippen LogP contribution in [0.3, 0.4) is 0 Å². The minimum atomic E-state index is -0.469. The van der Waals surface area contributed by atoms with Gasteiger partial charge in [-0.05, 0) is 31.5 Å². The van der Waals surface area contributed by atoms with Crippen molar-refractivity contribution in [1.82, 2.24) is 10.5 Å². The molecule has 106 valence electrons. The molecule has 0 aliphatic heterocycles. The van der Waals surface area contributed by atoms with Gasteiger partial charge in [0, 0.05) is 6.07 Å². The van der Waals surface area contributed by atoms with Gasteiger partial charge in [-0.3, -0.25) is 4.79 Å². The van der Waals surface area contributed by atoms with Crippen LogP contribution in [0.2, 0.25) is 0 Å². The molecule has 0 spiro atoms. The Labute approximate surface area is 115 Å². The molecule has 6 heteroatoms. The van der Waals surface area contributed by atoms with E-state index in [1.807, 2.05) is 0 Å². The molecule has 0 bridgehead atoms. The number of hydrogen-bond acceptors (Lipinski definition) is 4. The molecule has 0 saturated carbocycles. The van der Waals surface area contributed by atoms with E-state index in [1.165, 1.54) is 25.3 Å². The van der Waals surface area contributed by atoms with Crippen LogP contribution < -0.4 is 10.1 Å². The van der Waals surface area contributed by atoms with E-state index in [1.54, 1.807) is 19.9 Å². The second-order valence-corrected chi connectivity index (χ2v) is 4.41. The Kier molecular flexibility index (Phi) is 4.02.